The van der Waals surface area contributed by atoms with E-state index in [2.05, 4.69) is 24.5 Å². The fourth-order valence-electron chi connectivity index (χ4n) is 5.14. The predicted molar refractivity (Wildman–Crippen MR) is 176 cm³/mol. The van der Waals surface area contributed by atoms with E-state index in [1.165, 1.54) is 4.90 Å². The molecule has 0 aromatic heterocycles. The summed E-state index contributed by atoms with van der Waals surface area (Å²) >= 11 is 0. The van der Waals surface area contributed by atoms with Gasteiger partial charge >= 0.3 is 6.09 Å². The zero-order chi connectivity index (χ0) is 33.5. The molecule has 0 saturated carbocycles. The average Bonchev–Trinajstić information content (AvgIpc) is 2.94. The minimum Gasteiger partial charge on any atom is -0.507 e. The van der Waals surface area contributed by atoms with Gasteiger partial charge < -0.3 is 31.1 Å². The highest BCUT2D eigenvalue weighted by Crippen LogP contribution is 2.35. The molecule has 3 atom stereocenters. The molecule has 242 valence electrons. The quantitative estimate of drug-likeness (QED) is 0.197. The molecule has 0 aliphatic carbocycles. The first-order valence-corrected chi connectivity index (χ1v) is 15.3. The molecular formula is C35H46N4O6. The van der Waals surface area contributed by atoms with Gasteiger partial charge in [0.15, 0.2) is 0 Å². The number of carbonyl (C=O) groups excluding carboxylic acids is 4. The predicted octanol–water partition coefficient (Wildman–Crippen LogP) is 5.96. The van der Waals surface area contributed by atoms with Crippen LogP contribution in [0.5, 0.6) is 5.75 Å². The van der Waals surface area contributed by atoms with Crippen molar-refractivity contribution in [3.8, 4) is 5.75 Å². The van der Waals surface area contributed by atoms with Crippen LogP contribution in [0.1, 0.15) is 78.0 Å². The van der Waals surface area contributed by atoms with Crippen LogP contribution in [0.15, 0.2) is 60.7 Å². The van der Waals surface area contributed by atoms with E-state index in [0.717, 1.165) is 17.2 Å². The van der Waals surface area contributed by atoms with E-state index in [1.54, 1.807) is 58.9 Å². The Morgan fingerprint density at radius 3 is 2.22 bits per heavy atom. The summed E-state index contributed by atoms with van der Waals surface area (Å²) in [7, 11) is 0. The Hall–Kier alpha value is -4.60. The van der Waals surface area contributed by atoms with Crippen molar-refractivity contribution in [3.05, 3.63) is 71.8 Å². The van der Waals surface area contributed by atoms with Crippen molar-refractivity contribution < 1.29 is 29.0 Å². The summed E-state index contributed by atoms with van der Waals surface area (Å²) in [5.74, 6) is -1.96. The van der Waals surface area contributed by atoms with E-state index in [4.69, 9.17) is 10.5 Å². The van der Waals surface area contributed by atoms with Gasteiger partial charge in [-0.15, -0.1) is 0 Å². The van der Waals surface area contributed by atoms with Gasteiger partial charge in [0.1, 0.15) is 23.4 Å². The summed E-state index contributed by atoms with van der Waals surface area (Å²) in [5.41, 5.74) is 5.87. The smallest absolute Gasteiger partial charge is 0.408 e. The number of fused-ring (bicyclic) bond motifs is 1. The van der Waals surface area contributed by atoms with Gasteiger partial charge in [-0.3, -0.25) is 14.4 Å². The average molecular weight is 619 g/mol. The lowest BCUT2D eigenvalue weighted by Crippen LogP contribution is -2.55. The summed E-state index contributed by atoms with van der Waals surface area (Å²) in [6.07, 6.45) is -0.202. The van der Waals surface area contributed by atoms with Crippen LogP contribution in [-0.2, 0) is 19.1 Å². The van der Waals surface area contributed by atoms with Gasteiger partial charge in [0.2, 0.25) is 11.8 Å². The fourth-order valence-corrected chi connectivity index (χ4v) is 5.14. The minimum atomic E-state index is -1.43. The van der Waals surface area contributed by atoms with E-state index in [-0.39, 0.29) is 11.3 Å². The first kappa shape index (κ1) is 34.9. The van der Waals surface area contributed by atoms with Gasteiger partial charge in [-0.25, -0.2) is 4.79 Å². The molecule has 0 heterocycles. The number of carbonyl (C=O) groups is 4. The third-order valence-corrected chi connectivity index (χ3v) is 7.39. The number of aromatic hydroxyl groups is 1. The normalized spacial score (nSPS) is 13.5. The van der Waals surface area contributed by atoms with E-state index in [9.17, 15) is 24.3 Å². The number of hydrogen-bond donors (Lipinski definition) is 4. The zero-order valence-electron chi connectivity index (χ0n) is 27.2. The topological polar surface area (TPSA) is 151 Å². The van der Waals surface area contributed by atoms with E-state index in [0.29, 0.717) is 23.6 Å². The van der Waals surface area contributed by atoms with E-state index in [1.807, 2.05) is 36.4 Å². The van der Waals surface area contributed by atoms with Crippen LogP contribution in [0, 0.1) is 12.8 Å². The molecule has 5 N–H and O–H groups in total. The lowest BCUT2D eigenvalue weighted by Gasteiger charge is -2.39. The molecular weight excluding hydrogens is 572 g/mol. The van der Waals surface area contributed by atoms with Crippen LogP contribution in [-0.4, -0.2) is 51.5 Å². The number of alkyl carbamates (subject to hydrolysis) is 1. The summed E-state index contributed by atoms with van der Waals surface area (Å²) in [6.45, 7) is 12.6. The number of nitrogens with one attached hydrogen (secondary N) is 2. The molecule has 0 radical (unpaired) electrons. The second kappa shape index (κ2) is 14.9. The molecule has 3 aromatic carbocycles. The number of phenols is 1. The van der Waals surface area contributed by atoms with Gasteiger partial charge in [0.25, 0.3) is 5.91 Å². The number of aryl methyl sites for hydroxylation is 1. The van der Waals surface area contributed by atoms with Crippen molar-refractivity contribution in [3.63, 3.8) is 0 Å². The summed E-state index contributed by atoms with van der Waals surface area (Å²) in [6, 6.07) is 14.9. The van der Waals surface area contributed by atoms with Crippen molar-refractivity contribution in [2.75, 3.05) is 5.32 Å². The monoisotopic (exact) mass is 618 g/mol. The van der Waals surface area contributed by atoms with Crippen LogP contribution >= 0.6 is 0 Å². The highest BCUT2D eigenvalue weighted by Gasteiger charge is 2.40. The maximum atomic E-state index is 14.5. The fraction of sp³-hybridized carbons (Fsp3) is 0.429. The van der Waals surface area contributed by atoms with E-state index < -0.39 is 54.0 Å². The zero-order valence-corrected chi connectivity index (χ0v) is 27.2. The summed E-state index contributed by atoms with van der Waals surface area (Å²) in [4.78, 5) is 55.1. The molecule has 0 aliphatic rings. The Kier molecular flexibility index (Phi) is 11.6. The number of anilines is 1. The number of amides is 4. The molecule has 45 heavy (non-hydrogen) atoms. The van der Waals surface area contributed by atoms with Crippen molar-refractivity contribution in [1.29, 1.82) is 0 Å². The number of para-hydroxylation sites is 1. The van der Waals surface area contributed by atoms with Crippen molar-refractivity contribution in [1.82, 2.24) is 10.2 Å². The second-order valence-corrected chi connectivity index (χ2v) is 12.9. The lowest BCUT2D eigenvalue weighted by molar-refractivity contribution is -0.144. The molecule has 0 aliphatic heterocycles. The van der Waals surface area contributed by atoms with Crippen molar-refractivity contribution in [2.45, 2.75) is 91.5 Å². The molecule has 4 amide bonds. The molecule has 10 nitrogen and oxygen atoms in total. The summed E-state index contributed by atoms with van der Waals surface area (Å²) in [5, 5.41) is 18.6. The van der Waals surface area contributed by atoms with Gasteiger partial charge in [0, 0.05) is 17.3 Å². The molecule has 0 fully saturated rings. The van der Waals surface area contributed by atoms with Gasteiger partial charge in [-0.2, -0.15) is 0 Å². The first-order chi connectivity index (χ1) is 21.1. The van der Waals surface area contributed by atoms with Crippen LogP contribution in [0.3, 0.4) is 0 Å². The maximum Gasteiger partial charge on any atom is 0.408 e. The maximum absolute atomic E-state index is 14.5. The van der Waals surface area contributed by atoms with Crippen LogP contribution in [0.2, 0.25) is 0 Å². The first-order valence-electron chi connectivity index (χ1n) is 15.3. The molecule has 3 unspecified atom stereocenters. The molecule has 3 rings (SSSR count). The molecule has 0 bridgehead atoms. The summed E-state index contributed by atoms with van der Waals surface area (Å²) < 4.78 is 5.37. The number of primary amides is 1. The Bertz CT molecular complexity index is 1530. The van der Waals surface area contributed by atoms with E-state index >= 15 is 0 Å². The molecule has 3 aromatic rings. The van der Waals surface area contributed by atoms with Crippen molar-refractivity contribution >= 4 is 40.3 Å². The Morgan fingerprint density at radius 2 is 1.60 bits per heavy atom. The molecule has 0 spiro atoms. The lowest BCUT2D eigenvalue weighted by atomic mass is 9.95. The SMILES string of the molecule is Cc1cccc(C(C(=O)Nc2ccc3ccccc3c2)N(C(=O)C(CC(N)=O)NC(=O)OC(C)(C)C)C(C)CCC(C)C)c1O. The van der Waals surface area contributed by atoms with Crippen molar-refractivity contribution in [2.24, 2.45) is 11.7 Å². The number of rotatable bonds is 12. The van der Waals surface area contributed by atoms with Gasteiger partial charge in [-0.1, -0.05) is 62.4 Å². The number of hydrogen-bond acceptors (Lipinski definition) is 6. The van der Waals surface area contributed by atoms with Crippen LogP contribution in [0.4, 0.5) is 10.5 Å². The number of benzene rings is 3. The van der Waals surface area contributed by atoms with Gasteiger partial charge in [0.05, 0.1) is 6.42 Å². The number of phenolic OH excluding ortho intramolecular Hbond substituents is 1. The Labute approximate surface area is 265 Å². The standard InChI is InChI=1S/C35H46N4O6/c1-21(2)15-16-23(4)39(33(43)28(20-29(36)40)38-34(44)45-35(5,6)7)30(27-14-10-11-22(3)31(27)41)32(42)37-26-18-17-24-12-8-9-13-25(24)19-26/h8-14,17-19,21,23,28,30,41H,15-16,20H2,1-7H3,(H2,36,40)(H,37,42)(H,38,44). The van der Waals surface area contributed by atoms with Crippen LogP contribution in [0.25, 0.3) is 10.8 Å². The molecule has 10 heteroatoms. The highest BCUT2D eigenvalue weighted by atomic mass is 16.6. The Balaban J connectivity index is 2.15. The van der Waals surface area contributed by atoms with Gasteiger partial charge in [-0.05, 0) is 81.8 Å². The number of nitrogens with zero attached hydrogens (tertiary/aromatic N) is 1. The largest absolute Gasteiger partial charge is 0.507 e. The second-order valence-electron chi connectivity index (χ2n) is 12.9. The Morgan fingerprint density at radius 1 is 0.933 bits per heavy atom. The molecule has 0 saturated heterocycles. The minimum absolute atomic E-state index is 0.142. The van der Waals surface area contributed by atoms with Crippen LogP contribution < -0.4 is 16.4 Å². The third-order valence-electron chi connectivity index (χ3n) is 7.39. The third kappa shape index (κ3) is 9.69. The number of nitrogens with two attached hydrogens (primary N) is 1. The number of ether oxygens (including phenoxy) is 1. The highest BCUT2D eigenvalue weighted by molar-refractivity contribution is 6.01.